The summed E-state index contributed by atoms with van der Waals surface area (Å²) in [7, 11) is 0. The second-order valence-electron chi connectivity index (χ2n) is 6.78. The summed E-state index contributed by atoms with van der Waals surface area (Å²) in [6, 6.07) is 28.7. The van der Waals surface area contributed by atoms with E-state index < -0.39 is 0 Å². The highest BCUT2D eigenvalue weighted by Crippen LogP contribution is 2.27. The number of benzene rings is 2. The molecule has 5 rings (SSSR count). The van der Waals surface area contributed by atoms with Crippen molar-refractivity contribution in [2.75, 3.05) is 5.32 Å². The van der Waals surface area contributed by atoms with Crippen molar-refractivity contribution in [3.05, 3.63) is 103 Å². The molecule has 0 atom stereocenters. The first kappa shape index (κ1) is 18.4. The molecule has 30 heavy (non-hydrogen) atoms. The van der Waals surface area contributed by atoms with Crippen LogP contribution in [0.3, 0.4) is 0 Å². The molecule has 3 aromatic heterocycles. The number of hydrogen-bond acceptors (Lipinski definition) is 5. The zero-order chi connectivity index (χ0) is 20.2. The van der Waals surface area contributed by atoms with Crippen LogP contribution >= 0.6 is 11.8 Å². The van der Waals surface area contributed by atoms with E-state index in [0.29, 0.717) is 12.5 Å². The van der Waals surface area contributed by atoms with E-state index in [9.17, 15) is 0 Å². The van der Waals surface area contributed by atoms with Crippen molar-refractivity contribution in [3.63, 3.8) is 0 Å². The van der Waals surface area contributed by atoms with Crippen LogP contribution in [0.15, 0.2) is 107 Å². The van der Waals surface area contributed by atoms with Gasteiger partial charge in [0.15, 0.2) is 5.65 Å². The number of nitrogens with one attached hydrogen (secondary N) is 1. The molecule has 2 aromatic carbocycles. The normalized spacial score (nSPS) is 10.9. The van der Waals surface area contributed by atoms with Crippen LogP contribution in [0.4, 0.5) is 5.95 Å². The van der Waals surface area contributed by atoms with Crippen LogP contribution in [0.1, 0.15) is 5.56 Å². The molecule has 0 amide bonds. The van der Waals surface area contributed by atoms with Gasteiger partial charge in [-0.15, -0.1) is 5.10 Å². The minimum absolute atomic E-state index is 0.616. The Bertz CT molecular complexity index is 1250. The molecule has 5 aromatic rings. The molecule has 0 spiro atoms. The van der Waals surface area contributed by atoms with Gasteiger partial charge >= 0.3 is 0 Å². The molecule has 146 valence electrons. The summed E-state index contributed by atoms with van der Waals surface area (Å²) in [5, 5.41) is 7.88. The minimum Gasteiger partial charge on any atom is -0.349 e. The highest BCUT2D eigenvalue weighted by Gasteiger charge is 2.06. The van der Waals surface area contributed by atoms with E-state index in [-0.39, 0.29) is 0 Å². The van der Waals surface area contributed by atoms with Gasteiger partial charge in [0.05, 0.1) is 5.69 Å². The number of rotatable bonds is 6. The lowest BCUT2D eigenvalue weighted by Crippen LogP contribution is -2.01. The predicted octanol–water partition coefficient (Wildman–Crippen LogP) is 5.55. The van der Waals surface area contributed by atoms with E-state index in [4.69, 9.17) is 0 Å². The Kier molecular flexibility index (Phi) is 5.14. The third kappa shape index (κ3) is 4.18. The maximum Gasteiger partial charge on any atom is 0.243 e. The summed E-state index contributed by atoms with van der Waals surface area (Å²) in [5.41, 5.74) is 4.06. The predicted molar refractivity (Wildman–Crippen MR) is 121 cm³/mol. The van der Waals surface area contributed by atoms with E-state index >= 15 is 0 Å². The largest absolute Gasteiger partial charge is 0.349 e. The molecule has 0 radical (unpaired) electrons. The quantitative estimate of drug-likeness (QED) is 0.398. The highest BCUT2D eigenvalue weighted by molar-refractivity contribution is 7.99. The van der Waals surface area contributed by atoms with Crippen molar-refractivity contribution in [1.82, 2.24) is 19.6 Å². The van der Waals surface area contributed by atoms with E-state index in [1.807, 2.05) is 59.4 Å². The molecule has 0 bridgehead atoms. The van der Waals surface area contributed by atoms with Crippen molar-refractivity contribution in [1.29, 1.82) is 0 Å². The Balaban J connectivity index is 1.26. The van der Waals surface area contributed by atoms with Gasteiger partial charge in [-0.1, -0.05) is 60.3 Å². The average molecular weight is 410 g/mol. The molecule has 0 aliphatic rings. The van der Waals surface area contributed by atoms with Gasteiger partial charge in [0.2, 0.25) is 5.95 Å². The standard InChI is InChI=1S/C24H19N5S/c1-2-6-20(7-3-1)30-21-13-14-23-27-24(28-29(23)17-21)26-16-18-9-11-19(12-10-18)22-8-4-5-15-25-22/h1-15,17H,16H2,(H,26,28). The summed E-state index contributed by atoms with van der Waals surface area (Å²) in [5.74, 6) is 0.616. The van der Waals surface area contributed by atoms with E-state index in [1.165, 1.54) is 4.90 Å². The third-order valence-corrected chi connectivity index (χ3v) is 5.63. The summed E-state index contributed by atoms with van der Waals surface area (Å²) in [4.78, 5) is 11.3. The average Bonchev–Trinajstić information content (AvgIpc) is 3.22. The van der Waals surface area contributed by atoms with E-state index in [2.05, 4.69) is 62.8 Å². The third-order valence-electron chi connectivity index (χ3n) is 4.65. The second-order valence-corrected chi connectivity index (χ2v) is 7.93. The second kappa shape index (κ2) is 8.39. The Morgan fingerprint density at radius 2 is 1.63 bits per heavy atom. The molecule has 0 aliphatic carbocycles. The molecule has 0 aliphatic heterocycles. The van der Waals surface area contributed by atoms with Gasteiger partial charge in [0.25, 0.3) is 0 Å². The maximum absolute atomic E-state index is 4.57. The summed E-state index contributed by atoms with van der Waals surface area (Å²) < 4.78 is 1.82. The van der Waals surface area contributed by atoms with Gasteiger partial charge in [-0.3, -0.25) is 4.98 Å². The van der Waals surface area contributed by atoms with Crippen molar-refractivity contribution in [2.45, 2.75) is 16.3 Å². The number of anilines is 1. The fourth-order valence-electron chi connectivity index (χ4n) is 3.13. The van der Waals surface area contributed by atoms with Crippen molar-refractivity contribution in [3.8, 4) is 11.3 Å². The van der Waals surface area contributed by atoms with Crippen LogP contribution in [0.5, 0.6) is 0 Å². The molecular weight excluding hydrogens is 390 g/mol. The number of fused-ring (bicyclic) bond motifs is 1. The van der Waals surface area contributed by atoms with Gasteiger partial charge < -0.3 is 5.32 Å². The van der Waals surface area contributed by atoms with Crippen LogP contribution in [0, 0.1) is 0 Å². The van der Waals surface area contributed by atoms with Crippen molar-refractivity contribution < 1.29 is 0 Å². The van der Waals surface area contributed by atoms with Gasteiger partial charge in [0, 0.05) is 34.3 Å². The maximum atomic E-state index is 4.57. The first-order chi connectivity index (χ1) is 14.8. The van der Waals surface area contributed by atoms with Gasteiger partial charge in [0.1, 0.15) is 0 Å². The van der Waals surface area contributed by atoms with Gasteiger partial charge in [-0.05, 0) is 42.0 Å². The van der Waals surface area contributed by atoms with Crippen LogP contribution < -0.4 is 5.32 Å². The SMILES string of the molecule is c1ccc(Sc2ccc3nc(NCc4ccc(-c5ccccn5)cc4)nn3c2)cc1. The fourth-order valence-corrected chi connectivity index (χ4v) is 3.99. The minimum atomic E-state index is 0.616. The smallest absolute Gasteiger partial charge is 0.243 e. The summed E-state index contributed by atoms with van der Waals surface area (Å²) >= 11 is 1.71. The molecule has 5 nitrogen and oxygen atoms in total. The molecule has 3 heterocycles. The van der Waals surface area contributed by atoms with E-state index in [1.54, 1.807) is 11.8 Å². The molecule has 0 fully saturated rings. The molecule has 0 saturated carbocycles. The molecule has 1 N–H and O–H groups in total. The summed E-state index contributed by atoms with van der Waals surface area (Å²) in [6.07, 6.45) is 3.82. The first-order valence-electron chi connectivity index (χ1n) is 9.67. The molecule has 0 saturated heterocycles. The van der Waals surface area contributed by atoms with Crippen LogP contribution in [0.25, 0.3) is 16.9 Å². The zero-order valence-corrected chi connectivity index (χ0v) is 17.0. The number of nitrogens with zero attached hydrogens (tertiary/aromatic N) is 4. The zero-order valence-electron chi connectivity index (χ0n) is 16.1. The molecule has 6 heteroatoms. The molecular formula is C24H19N5S. The van der Waals surface area contributed by atoms with Gasteiger partial charge in [-0.25, -0.2) is 4.52 Å². The van der Waals surface area contributed by atoms with Crippen LogP contribution in [0.2, 0.25) is 0 Å². The van der Waals surface area contributed by atoms with Gasteiger partial charge in [-0.2, -0.15) is 4.98 Å². The number of aromatic nitrogens is 4. The van der Waals surface area contributed by atoms with Crippen molar-refractivity contribution in [2.24, 2.45) is 0 Å². The van der Waals surface area contributed by atoms with Crippen LogP contribution in [-0.2, 0) is 6.54 Å². The monoisotopic (exact) mass is 409 g/mol. The number of pyridine rings is 2. The Morgan fingerprint density at radius 3 is 2.43 bits per heavy atom. The lowest BCUT2D eigenvalue weighted by atomic mass is 10.1. The fraction of sp³-hybridized carbons (Fsp3) is 0.0417. The number of hydrogen-bond donors (Lipinski definition) is 1. The Hall–Kier alpha value is -3.64. The Labute approximate surface area is 178 Å². The van der Waals surface area contributed by atoms with Crippen molar-refractivity contribution >= 4 is 23.4 Å². The molecule has 0 unspecified atom stereocenters. The van der Waals surface area contributed by atoms with Crippen LogP contribution in [-0.4, -0.2) is 19.6 Å². The lowest BCUT2D eigenvalue weighted by molar-refractivity contribution is 0.932. The topological polar surface area (TPSA) is 55.1 Å². The lowest BCUT2D eigenvalue weighted by Gasteiger charge is -2.04. The highest BCUT2D eigenvalue weighted by atomic mass is 32.2. The Morgan fingerprint density at radius 1 is 0.800 bits per heavy atom. The summed E-state index contributed by atoms with van der Waals surface area (Å²) in [6.45, 7) is 0.658. The van der Waals surface area contributed by atoms with E-state index in [0.717, 1.165) is 27.4 Å². The first-order valence-corrected chi connectivity index (χ1v) is 10.5.